The van der Waals surface area contributed by atoms with Gasteiger partial charge < -0.3 is 20.3 Å². The van der Waals surface area contributed by atoms with Crippen LogP contribution < -0.4 is 15.4 Å². The summed E-state index contributed by atoms with van der Waals surface area (Å²) in [7, 11) is 4.12. The maximum absolute atomic E-state index is 11.3. The molecule has 3 aromatic rings. The van der Waals surface area contributed by atoms with Crippen molar-refractivity contribution < 1.29 is 9.53 Å². The molecule has 0 saturated heterocycles. The van der Waals surface area contributed by atoms with E-state index < -0.39 is 0 Å². The number of hydrogen-bond donors (Lipinski definition) is 2. The second-order valence-corrected chi connectivity index (χ2v) is 8.09. The zero-order chi connectivity index (χ0) is 19.7. The summed E-state index contributed by atoms with van der Waals surface area (Å²) in [6.07, 6.45) is 1.70. The van der Waals surface area contributed by atoms with Gasteiger partial charge in [0.1, 0.15) is 12.3 Å². The van der Waals surface area contributed by atoms with Gasteiger partial charge in [0, 0.05) is 35.3 Å². The Morgan fingerprint density at radius 3 is 2.89 bits per heavy atom. The number of aromatic nitrogens is 2. The molecule has 1 aromatic carbocycles. The number of amides is 1. The molecule has 1 aliphatic rings. The van der Waals surface area contributed by atoms with Gasteiger partial charge in [-0.3, -0.25) is 4.79 Å². The molecule has 144 valence electrons. The standard InChI is InChI=1S/C20H21N5O2S/c1-12(26)22-13-5-4-6-14(7-13)23-20-21-9-17-19(24-20)16-8-15(10-25(2)3)28-18(16)11-27-17/h4-9H,10-11H2,1-3H3,(H,22,26)(H,21,23,24). The van der Waals surface area contributed by atoms with E-state index in [-0.39, 0.29) is 5.91 Å². The number of anilines is 3. The number of carbonyl (C=O) groups excluding carboxylic acids is 1. The van der Waals surface area contributed by atoms with Crippen LogP contribution >= 0.6 is 11.3 Å². The number of carbonyl (C=O) groups is 1. The summed E-state index contributed by atoms with van der Waals surface area (Å²) >= 11 is 1.76. The third-order valence-corrected chi connectivity index (χ3v) is 5.23. The lowest BCUT2D eigenvalue weighted by Gasteiger charge is -2.17. The molecule has 0 unspecified atom stereocenters. The molecule has 0 bridgehead atoms. The minimum Gasteiger partial charge on any atom is -0.484 e. The van der Waals surface area contributed by atoms with E-state index in [1.54, 1.807) is 17.5 Å². The van der Waals surface area contributed by atoms with Crippen LogP contribution in [0.5, 0.6) is 5.75 Å². The highest BCUT2D eigenvalue weighted by Gasteiger charge is 2.23. The SMILES string of the molecule is CC(=O)Nc1cccc(Nc2ncc3c(n2)-c2cc(CN(C)C)sc2CO3)c1. The quantitative estimate of drug-likeness (QED) is 0.683. The Labute approximate surface area is 167 Å². The predicted octanol–water partition coefficient (Wildman–Crippen LogP) is 3.86. The van der Waals surface area contributed by atoms with Crippen LogP contribution in [0.15, 0.2) is 36.5 Å². The molecule has 1 amide bonds. The molecule has 2 N–H and O–H groups in total. The molecule has 7 nitrogen and oxygen atoms in total. The summed E-state index contributed by atoms with van der Waals surface area (Å²) in [5, 5.41) is 5.97. The molecular formula is C20H21N5O2S. The molecule has 0 fully saturated rings. The van der Waals surface area contributed by atoms with Gasteiger partial charge in [-0.2, -0.15) is 0 Å². The molecule has 0 atom stereocenters. The van der Waals surface area contributed by atoms with Gasteiger partial charge in [0.15, 0.2) is 5.75 Å². The molecular weight excluding hydrogens is 374 g/mol. The van der Waals surface area contributed by atoms with E-state index in [4.69, 9.17) is 9.72 Å². The predicted molar refractivity (Wildman–Crippen MR) is 111 cm³/mol. The maximum atomic E-state index is 11.3. The Bertz CT molecular complexity index is 1030. The second kappa shape index (κ2) is 7.57. The first-order valence-electron chi connectivity index (χ1n) is 8.89. The average Bonchev–Trinajstić information content (AvgIpc) is 3.03. The summed E-state index contributed by atoms with van der Waals surface area (Å²) in [5.74, 6) is 1.06. The van der Waals surface area contributed by atoms with Gasteiger partial charge in [-0.15, -0.1) is 11.3 Å². The Morgan fingerprint density at radius 1 is 1.29 bits per heavy atom. The van der Waals surface area contributed by atoms with Crippen LogP contribution in [0.25, 0.3) is 11.3 Å². The highest BCUT2D eigenvalue weighted by molar-refractivity contribution is 7.12. The van der Waals surface area contributed by atoms with Crippen LogP contribution in [0.2, 0.25) is 0 Å². The number of hydrogen-bond acceptors (Lipinski definition) is 7. The monoisotopic (exact) mass is 395 g/mol. The molecule has 28 heavy (non-hydrogen) atoms. The lowest BCUT2D eigenvalue weighted by molar-refractivity contribution is -0.114. The Hall–Kier alpha value is -2.97. The molecule has 1 aliphatic heterocycles. The van der Waals surface area contributed by atoms with Crippen molar-refractivity contribution in [2.45, 2.75) is 20.1 Å². The van der Waals surface area contributed by atoms with Crippen LogP contribution in [-0.2, 0) is 17.9 Å². The lowest BCUT2D eigenvalue weighted by atomic mass is 10.1. The van der Waals surface area contributed by atoms with Gasteiger partial charge in [-0.1, -0.05) is 6.07 Å². The van der Waals surface area contributed by atoms with Crippen LogP contribution in [0.4, 0.5) is 17.3 Å². The van der Waals surface area contributed by atoms with E-state index in [2.05, 4.69) is 40.7 Å². The smallest absolute Gasteiger partial charge is 0.227 e. The topological polar surface area (TPSA) is 79.4 Å². The second-order valence-electron chi connectivity index (χ2n) is 6.87. The fourth-order valence-electron chi connectivity index (χ4n) is 3.06. The van der Waals surface area contributed by atoms with E-state index >= 15 is 0 Å². The van der Waals surface area contributed by atoms with Crippen LogP contribution in [-0.4, -0.2) is 34.9 Å². The van der Waals surface area contributed by atoms with E-state index in [0.29, 0.717) is 24.0 Å². The van der Waals surface area contributed by atoms with Gasteiger partial charge in [-0.25, -0.2) is 9.97 Å². The normalized spacial score (nSPS) is 12.1. The average molecular weight is 395 g/mol. The van der Waals surface area contributed by atoms with Crippen molar-refractivity contribution in [3.05, 3.63) is 46.3 Å². The first-order valence-corrected chi connectivity index (χ1v) is 9.71. The summed E-state index contributed by atoms with van der Waals surface area (Å²) in [5.41, 5.74) is 3.42. The molecule has 2 aromatic heterocycles. The van der Waals surface area contributed by atoms with Gasteiger partial charge in [-0.05, 0) is 38.4 Å². The highest BCUT2D eigenvalue weighted by Crippen LogP contribution is 2.40. The van der Waals surface area contributed by atoms with Gasteiger partial charge in [0.05, 0.1) is 11.1 Å². The minimum atomic E-state index is -0.113. The summed E-state index contributed by atoms with van der Waals surface area (Å²) in [6.45, 7) is 2.92. The van der Waals surface area contributed by atoms with E-state index in [1.807, 2.05) is 24.3 Å². The Morgan fingerprint density at radius 2 is 2.11 bits per heavy atom. The number of benzene rings is 1. The van der Waals surface area contributed by atoms with Crippen molar-refractivity contribution in [1.29, 1.82) is 0 Å². The zero-order valence-electron chi connectivity index (χ0n) is 15.9. The number of rotatable bonds is 5. The van der Waals surface area contributed by atoms with Gasteiger partial charge in [0.25, 0.3) is 0 Å². The molecule has 3 heterocycles. The van der Waals surface area contributed by atoms with Crippen LogP contribution in [0.3, 0.4) is 0 Å². The Kier molecular flexibility index (Phi) is 4.97. The minimum absolute atomic E-state index is 0.113. The molecule has 0 aliphatic carbocycles. The van der Waals surface area contributed by atoms with Crippen molar-refractivity contribution in [1.82, 2.24) is 14.9 Å². The van der Waals surface area contributed by atoms with Crippen molar-refractivity contribution >= 4 is 34.6 Å². The summed E-state index contributed by atoms with van der Waals surface area (Å²) in [4.78, 5) is 24.9. The first kappa shape index (κ1) is 18.4. The van der Waals surface area contributed by atoms with Crippen molar-refractivity contribution in [2.75, 3.05) is 24.7 Å². The summed E-state index contributed by atoms with van der Waals surface area (Å²) < 4.78 is 5.83. The first-order chi connectivity index (χ1) is 13.5. The van der Waals surface area contributed by atoms with Crippen molar-refractivity contribution in [3.8, 4) is 17.0 Å². The van der Waals surface area contributed by atoms with E-state index in [9.17, 15) is 4.79 Å². The third kappa shape index (κ3) is 3.97. The zero-order valence-corrected chi connectivity index (χ0v) is 16.8. The number of nitrogens with one attached hydrogen (secondary N) is 2. The van der Waals surface area contributed by atoms with Crippen LogP contribution in [0.1, 0.15) is 16.7 Å². The van der Waals surface area contributed by atoms with Crippen molar-refractivity contribution in [3.63, 3.8) is 0 Å². The molecule has 0 spiro atoms. The van der Waals surface area contributed by atoms with Crippen LogP contribution in [0, 0.1) is 0 Å². The fraction of sp³-hybridized carbons (Fsp3) is 0.250. The summed E-state index contributed by atoms with van der Waals surface area (Å²) in [6, 6.07) is 9.62. The number of nitrogens with zero attached hydrogens (tertiary/aromatic N) is 3. The highest BCUT2D eigenvalue weighted by atomic mass is 32.1. The molecule has 4 rings (SSSR count). The number of fused-ring (bicyclic) bond motifs is 3. The van der Waals surface area contributed by atoms with E-state index in [1.165, 1.54) is 16.7 Å². The molecule has 0 radical (unpaired) electrons. The van der Waals surface area contributed by atoms with E-state index in [0.717, 1.165) is 23.5 Å². The third-order valence-electron chi connectivity index (χ3n) is 4.14. The van der Waals surface area contributed by atoms with Gasteiger partial charge >= 0.3 is 0 Å². The number of thiophene rings is 1. The maximum Gasteiger partial charge on any atom is 0.227 e. The van der Waals surface area contributed by atoms with Crippen molar-refractivity contribution in [2.24, 2.45) is 0 Å². The molecule has 8 heteroatoms. The Balaban J connectivity index is 1.61. The lowest BCUT2D eigenvalue weighted by Crippen LogP contribution is -2.09. The van der Waals surface area contributed by atoms with Gasteiger partial charge in [0.2, 0.25) is 11.9 Å². The molecule has 0 saturated carbocycles. The largest absolute Gasteiger partial charge is 0.484 e. The number of ether oxygens (including phenoxy) is 1. The fourth-order valence-corrected chi connectivity index (χ4v) is 4.26.